The lowest BCUT2D eigenvalue weighted by atomic mass is 10.1. The van der Waals surface area contributed by atoms with Crippen LogP contribution in [0.25, 0.3) is 0 Å². The van der Waals surface area contributed by atoms with Gasteiger partial charge in [0.2, 0.25) is 0 Å². The van der Waals surface area contributed by atoms with Crippen molar-refractivity contribution in [1.82, 2.24) is 10.3 Å². The number of carbonyl (C=O) groups excluding carboxylic acids is 1. The molecule has 1 unspecified atom stereocenters. The predicted octanol–water partition coefficient (Wildman–Crippen LogP) is 2.81. The van der Waals surface area contributed by atoms with Crippen molar-refractivity contribution in [3.05, 3.63) is 11.1 Å². The van der Waals surface area contributed by atoms with E-state index < -0.39 is 0 Å². The van der Waals surface area contributed by atoms with Crippen molar-refractivity contribution in [1.29, 1.82) is 0 Å². The van der Waals surface area contributed by atoms with E-state index in [1.807, 2.05) is 12.3 Å². The first-order valence-electron chi connectivity index (χ1n) is 6.25. The highest BCUT2D eigenvalue weighted by atomic mass is 32.1. The van der Waals surface area contributed by atoms with E-state index in [0.29, 0.717) is 30.8 Å². The van der Waals surface area contributed by atoms with Gasteiger partial charge in [0, 0.05) is 18.5 Å². The SMILES string of the molecule is CCOCCNC(=O)Nc1nc(C(C)CC)cs1. The molecule has 6 heteroatoms. The molecule has 0 aliphatic carbocycles. The number of aromatic nitrogens is 1. The Bertz CT molecular complexity index is 368. The quantitative estimate of drug-likeness (QED) is 0.750. The van der Waals surface area contributed by atoms with Gasteiger partial charge in [0.15, 0.2) is 5.13 Å². The first-order valence-corrected chi connectivity index (χ1v) is 7.13. The highest BCUT2D eigenvalue weighted by Gasteiger charge is 2.09. The van der Waals surface area contributed by atoms with Crippen LogP contribution in [-0.2, 0) is 4.74 Å². The van der Waals surface area contributed by atoms with Crippen LogP contribution in [0.15, 0.2) is 5.38 Å². The minimum Gasteiger partial charge on any atom is -0.380 e. The first kappa shape index (κ1) is 14.9. The smallest absolute Gasteiger partial charge is 0.321 e. The number of amides is 2. The molecule has 0 aliphatic heterocycles. The maximum atomic E-state index is 11.5. The van der Waals surface area contributed by atoms with Gasteiger partial charge >= 0.3 is 6.03 Å². The fourth-order valence-corrected chi connectivity index (χ4v) is 2.13. The molecule has 0 fully saturated rings. The van der Waals surface area contributed by atoms with Crippen molar-refractivity contribution in [2.75, 3.05) is 25.1 Å². The number of urea groups is 1. The third-order valence-corrected chi connectivity index (χ3v) is 3.37. The summed E-state index contributed by atoms with van der Waals surface area (Å²) in [5.41, 5.74) is 1.03. The van der Waals surface area contributed by atoms with Crippen molar-refractivity contribution >= 4 is 22.5 Å². The summed E-state index contributed by atoms with van der Waals surface area (Å²) < 4.78 is 5.13. The zero-order valence-electron chi connectivity index (χ0n) is 11.2. The molecule has 1 heterocycles. The van der Waals surface area contributed by atoms with Crippen molar-refractivity contribution < 1.29 is 9.53 Å². The molecule has 0 saturated carbocycles. The molecule has 5 nitrogen and oxygen atoms in total. The predicted molar refractivity (Wildman–Crippen MR) is 74.3 cm³/mol. The maximum absolute atomic E-state index is 11.5. The molecular weight excluding hydrogens is 250 g/mol. The van der Waals surface area contributed by atoms with E-state index in [1.54, 1.807) is 0 Å². The summed E-state index contributed by atoms with van der Waals surface area (Å²) in [7, 11) is 0. The highest BCUT2D eigenvalue weighted by Crippen LogP contribution is 2.23. The molecule has 0 spiro atoms. The average molecular weight is 271 g/mol. The molecule has 1 aromatic heterocycles. The number of nitrogens with zero attached hydrogens (tertiary/aromatic N) is 1. The Labute approximate surface area is 112 Å². The van der Waals surface area contributed by atoms with Gasteiger partial charge in [-0.25, -0.2) is 9.78 Å². The van der Waals surface area contributed by atoms with Gasteiger partial charge in [-0.3, -0.25) is 5.32 Å². The van der Waals surface area contributed by atoms with Crippen LogP contribution in [0.1, 0.15) is 38.8 Å². The van der Waals surface area contributed by atoms with Gasteiger partial charge in [-0.15, -0.1) is 11.3 Å². The van der Waals surface area contributed by atoms with Crippen molar-refractivity contribution in [2.45, 2.75) is 33.1 Å². The minimum atomic E-state index is -0.236. The Balaban J connectivity index is 2.33. The van der Waals surface area contributed by atoms with Gasteiger partial charge in [-0.2, -0.15) is 0 Å². The molecule has 2 N–H and O–H groups in total. The maximum Gasteiger partial charge on any atom is 0.321 e. The Hall–Kier alpha value is -1.14. The van der Waals surface area contributed by atoms with Gasteiger partial charge < -0.3 is 10.1 Å². The second-order valence-corrected chi connectivity index (χ2v) is 4.82. The summed E-state index contributed by atoms with van der Waals surface area (Å²) in [6.45, 7) is 7.86. The Kier molecular flexibility index (Phi) is 6.67. The topological polar surface area (TPSA) is 63.2 Å². The Morgan fingerprint density at radius 3 is 3.00 bits per heavy atom. The lowest BCUT2D eigenvalue weighted by molar-refractivity contribution is 0.150. The molecule has 0 aliphatic rings. The average Bonchev–Trinajstić information content (AvgIpc) is 2.82. The minimum absolute atomic E-state index is 0.236. The van der Waals surface area contributed by atoms with Crippen LogP contribution in [-0.4, -0.2) is 30.8 Å². The second kappa shape index (κ2) is 8.05. The fourth-order valence-electron chi connectivity index (χ4n) is 1.30. The monoisotopic (exact) mass is 271 g/mol. The lowest BCUT2D eigenvalue weighted by Gasteiger charge is -2.05. The van der Waals surface area contributed by atoms with Gasteiger partial charge in [0.05, 0.1) is 12.3 Å². The van der Waals surface area contributed by atoms with Crippen LogP contribution in [0.2, 0.25) is 0 Å². The van der Waals surface area contributed by atoms with Crippen LogP contribution >= 0.6 is 11.3 Å². The molecule has 0 saturated heterocycles. The van der Waals surface area contributed by atoms with E-state index in [2.05, 4.69) is 29.5 Å². The van der Waals surface area contributed by atoms with E-state index >= 15 is 0 Å². The second-order valence-electron chi connectivity index (χ2n) is 3.96. The number of rotatable bonds is 7. The van der Waals surface area contributed by atoms with Gasteiger partial charge in [-0.05, 0) is 19.3 Å². The molecule has 102 valence electrons. The zero-order chi connectivity index (χ0) is 13.4. The Morgan fingerprint density at radius 1 is 1.56 bits per heavy atom. The van der Waals surface area contributed by atoms with Crippen LogP contribution in [0.4, 0.5) is 9.93 Å². The molecule has 2 amide bonds. The number of carbonyl (C=O) groups is 1. The molecule has 1 rings (SSSR count). The molecule has 1 atom stereocenters. The molecule has 0 radical (unpaired) electrons. The van der Waals surface area contributed by atoms with Gasteiger partial charge in [-0.1, -0.05) is 13.8 Å². The molecule has 0 bridgehead atoms. The molecule has 18 heavy (non-hydrogen) atoms. The van der Waals surface area contributed by atoms with Crippen LogP contribution in [0, 0.1) is 0 Å². The lowest BCUT2D eigenvalue weighted by Crippen LogP contribution is -2.31. The van der Waals surface area contributed by atoms with E-state index in [4.69, 9.17) is 4.74 Å². The van der Waals surface area contributed by atoms with Crippen LogP contribution in [0.3, 0.4) is 0 Å². The third-order valence-electron chi connectivity index (χ3n) is 2.60. The third kappa shape index (κ3) is 5.01. The van der Waals surface area contributed by atoms with Crippen molar-refractivity contribution in [2.24, 2.45) is 0 Å². The summed E-state index contributed by atoms with van der Waals surface area (Å²) in [6, 6.07) is -0.236. The van der Waals surface area contributed by atoms with Crippen molar-refractivity contribution in [3.8, 4) is 0 Å². The standard InChI is InChI=1S/C12H21N3O2S/c1-4-9(3)10-8-18-12(14-10)15-11(16)13-6-7-17-5-2/h8-9H,4-7H2,1-3H3,(H2,13,14,15,16). The zero-order valence-corrected chi connectivity index (χ0v) is 12.0. The van der Waals surface area contributed by atoms with Gasteiger partial charge in [0.25, 0.3) is 0 Å². The number of anilines is 1. The largest absolute Gasteiger partial charge is 0.380 e. The summed E-state index contributed by atoms with van der Waals surface area (Å²) in [5, 5.41) is 8.06. The number of hydrogen-bond acceptors (Lipinski definition) is 4. The van der Waals surface area contributed by atoms with E-state index in [9.17, 15) is 4.79 Å². The fraction of sp³-hybridized carbons (Fsp3) is 0.667. The molecule has 0 aromatic carbocycles. The highest BCUT2D eigenvalue weighted by molar-refractivity contribution is 7.13. The van der Waals surface area contributed by atoms with E-state index in [-0.39, 0.29) is 6.03 Å². The summed E-state index contributed by atoms with van der Waals surface area (Å²) in [4.78, 5) is 15.9. The summed E-state index contributed by atoms with van der Waals surface area (Å²) in [5.74, 6) is 0.429. The number of thiazole rings is 1. The van der Waals surface area contributed by atoms with Crippen LogP contribution in [0.5, 0.6) is 0 Å². The van der Waals surface area contributed by atoms with Crippen molar-refractivity contribution in [3.63, 3.8) is 0 Å². The molecule has 1 aromatic rings. The van der Waals surface area contributed by atoms with Crippen LogP contribution < -0.4 is 10.6 Å². The summed E-state index contributed by atoms with van der Waals surface area (Å²) in [6.07, 6.45) is 1.05. The first-order chi connectivity index (χ1) is 8.67. The molecular formula is C12H21N3O2S. The summed E-state index contributed by atoms with van der Waals surface area (Å²) >= 11 is 1.45. The number of ether oxygens (including phenoxy) is 1. The number of nitrogens with one attached hydrogen (secondary N) is 2. The van der Waals surface area contributed by atoms with E-state index in [0.717, 1.165) is 12.1 Å². The number of hydrogen-bond donors (Lipinski definition) is 2. The normalized spacial score (nSPS) is 12.2. The Morgan fingerprint density at radius 2 is 2.33 bits per heavy atom. The van der Waals surface area contributed by atoms with E-state index in [1.165, 1.54) is 11.3 Å². The van der Waals surface area contributed by atoms with Gasteiger partial charge in [0.1, 0.15) is 0 Å².